The van der Waals surface area contributed by atoms with Crippen molar-refractivity contribution in [3.05, 3.63) is 16.2 Å². The number of piperidine rings is 1. The number of aliphatic hydroxyl groups is 1. The molecule has 21 heavy (non-hydrogen) atoms. The third kappa shape index (κ3) is 2.31. The van der Waals surface area contributed by atoms with Crippen LogP contribution in [0.15, 0.2) is 10.3 Å². The first-order valence-electron chi connectivity index (χ1n) is 6.56. The van der Waals surface area contributed by atoms with Gasteiger partial charge in [0.1, 0.15) is 4.21 Å². The number of thiophene rings is 1. The summed E-state index contributed by atoms with van der Waals surface area (Å²) in [7, 11) is -3.80. The molecule has 2 aliphatic rings. The molecule has 2 atom stereocenters. The summed E-state index contributed by atoms with van der Waals surface area (Å²) >= 11 is 0.720. The predicted molar refractivity (Wildman–Crippen MR) is 76.5 cm³/mol. The molecule has 1 aromatic rings. The zero-order chi connectivity index (χ0) is 15.4. The number of nitrogen functional groups attached to an aromatic ring is 1. The zero-order valence-corrected chi connectivity index (χ0v) is 12.6. The lowest BCUT2D eigenvalue weighted by atomic mass is 10.0. The quantitative estimate of drug-likeness (QED) is 0.625. The lowest BCUT2D eigenvalue weighted by Crippen LogP contribution is -2.47. The summed E-state index contributed by atoms with van der Waals surface area (Å²) in [5.74, 6) is 0. The molecule has 0 aliphatic carbocycles. The van der Waals surface area contributed by atoms with Gasteiger partial charge in [0.05, 0.1) is 11.0 Å². The van der Waals surface area contributed by atoms with Gasteiger partial charge in [-0.2, -0.15) is 4.31 Å². The van der Waals surface area contributed by atoms with E-state index in [1.807, 2.05) is 0 Å². The lowest BCUT2D eigenvalue weighted by molar-refractivity contribution is -0.383. The fourth-order valence-electron chi connectivity index (χ4n) is 3.24. The van der Waals surface area contributed by atoms with Gasteiger partial charge in [0.2, 0.25) is 0 Å². The molecule has 10 heteroatoms. The molecule has 3 heterocycles. The molecule has 0 spiro atoms. The average Bonchev–Trinajstić information content (AvgIpc) is 2.90. The van der Waals surface area contributed by atoms with E-state index in [0.29, 0.717) is 25.7 Å². The number of fused-ring (bicyclic) bond motifs is 2. The summed E-state index contributed by atoms with van der Waals surface area (Å²) < 4.78 is 26.8. The molecular weight excluding hydrogens is 318 g/mol. The molecule has 0 aromatic carbocycles. The second-order valence-corrected chi connectivity index (χ2v) is 8.57. The van der Waals surface area contributed by atoms with E-state index < -0.39 is 21.1 Å². The number of anilines is 1. The molecule has 8 nitrogen and oxygen atoms in total. The standard InChI is InChI=1S/C11H15N3O5S2/c12-11-9(14(16)17)5-10(20-11)21(18,19)13-6-1-2-7(13)4-8(15)3-6/h5-8,15H,1-4,12H2. The van der Waals surface area contributed by atoms with Crippen molar-refractivity contribution in [2.75, 3.05) is 5.73 Å². The number of nitrogens with two attached hydrogens (primary N) is 1. The summed E-state index contributed by atoms with van der Waals surface area (Å²) in [6.45, 7) is 0. The van der Waals surface area contributed by atoms with E-state index in [0.717, 1.165) is 17.4 Å². The van der Waals surface area contributed by atoms with Crippen LogP contribution in [0, 0.1) is 10.1 Å². The number of rotatable bonds is 3. The van der Waals surface area contributed by atoms with Crippen molar-refractivity contribution in [3.8, 4) is 0 Å². The van der Waals surface area contributed by atoms with Crippen LogP contribution in [0.4, 0.5) is 10.7 Å². The smallest absolute Gasteiger partial charge is 0.304 e. The van der Waals surface area contributed by atoms with Crippen LogP contribution in [0.5, 0.6) is 0 Å². The van der Waals surface area contributed by atoms with Gasteiger partial charge in [-0.05, 0) is 25.7 Å². The molecule has 3 rings (SSSR count). The number of aliphatic hydroxyl groups excluding tert-OH is 1. The first kappa shape index (κ1) is 14.7. The molecule has 0 radical (unpaired) electrons. The van der Waals surface area contributed by atoms with Crippen LogP contribution < -0.4 is 5.73 Å². The zero-order valence-electron chi connectivity index (χ0n) is 11.0. The van der Waals surface area contributed by atoms with Crippen molar-refractivity contribution in [2.24, 2.45) is 0 Å². The largest absolute Gasteiger partial charge is 0.393 e. The summed E-state index contributed by atoms with van der Waals surface area (Å²) in [5.41, 5.74) is 5.16. The Hall–Kier alpha value is -1.23. The summed E-state index contributed by atoms with van der Waals surface area (Å²) in [5, 5.41) is 20.4. The first-order chi connectivity index (χ1) is 9.80. The van der Waals surface area contributed by atoms with Crippen molar-refractivity contribution < 1.29 is 18.4 Å². The topological polar surface area (TPSA) is 127 Å². The van der Waals surface area contributed by atoms with Crippen molar-refractivity contribution >= 4 is 32.0 Å². The maximum Gasteiger partial charge on any atom is 0.304 e. The summed E-state index contributed by atoms with van der Waals surface area (Å²) in [6, 6.07) is 0.567. The molecule has 2 aliphatic heterocycles. The Morgan fingerprint density at radius 2 is 1.95 bits per heavy atom. The van der Waals surface area contributed by atoms with Gasteiger partial charge in [-0.1, -0.05) is 11.3 Å². The van der Waals surface area contributed by atoms with Gasteiger partial charge in [-0.15, -0.1) is 0 Å². The fourth-order valence-corrected chi connectivity index (χ4v) is 6.45. The van der Waals surface area contributed by atoms with E-state index in [1.165, 1.54) is 4.31 Å². The van der Waals surface area contributed by atoms with Crippen LogP contribution in [-0.4, -0.2) is 40.9 Å². The Labute approximate surface area is 125 Å². The Morgan fingerprint density at radius 3 is 2.43 bits per heavy atom. The number of sulfonamides is 1. The monoisotopic (exact) mass is 333 g/mol. The van der Waals surface area contributed by atoms with Crippen molar-refractivity contribution in [1.29, 1.82) is 0 Å². The molecule has 2 fully saturated rings. The van der Waals surface area contributed by atoms with E-state index in [4.69, 9.17) is 5.73 Å². The van der Waals surface area contributed by atoms with E-state index in [2.05, 4.69) is 0 Å². The third-order valence-corrected chi connectivity index (χ3v) is 7.49. The molecule has 2 unspecified atom stereocenters. The maximum atomic E-state index is 12.7. The van der Waals surface area contributed by atoms with Gasteiger partial charge in [-0.25, -0.2) is 8.42 Å². The highest BCUT2D eigenvalue weighted by molar-refractivity contribution is 7.91. The number of nitrogens with zero attached hydrogens (tertiary/aromatic N) is 2. The molecular formula is C11H15N3O5S2. The van der Waals surface area contributed by atoms with E-state index in [-0.39, 0.29) is 27.0 Å². The van der Waals surface area contributed by atoms with Crippen LogP contribution in [0.1, 0.15) is 25.7 Å². The predicted octanol–water partition coefficient (Wildman–Crippen LogP) is 0.915. The molecule has 116 valence electrons. The van der Waals surface area contributed by atoms with Crippen molar-refractivity contribution in [1.82, 2.24) is 4.31 Å². The van der Waals surface area contributed by atoms with Gasteiger partial charge >= 0.3 is 5.69 Å². The van der Waals surface area contributed by atoms with Gasteiger partial charge in [0, 0.05) is 18.2 Å². The molecule has 2 saturated heterocycles. The highest BCUT2D eigenvalue weighted by Crippen LogP contribution is 2.43. The summed E-state index contributed by atoms with van der Waals surface area (Å²) in [6.07, 6.45) is 1.78. The van der Waals surface area contributed by atoms with Crippen LogP contribution in [-0.2, 0) is 10.0 Å². The van der Waals surface area contributed by atoms with Crippen LogP contribution >= 0.6 is 11.3 Å². The number of hydrogen-bond donors (Lipinski definition) is 2. The highest BCUT2D eigenvalue weighted by atomic mass is 32.2. The van der Waals surface area contributed by atoms with Crippen molar-refractivity contribution in [3.63, 3.8) is 0 Å². The van der Waals surface area contributed by atoms with Crippen molar-refractivity contribution in [2.45, 2.75) is 48.1 Å². The maximum absolute atomic E-state index is 12.7. The fraction of sp³-hybridized carbons (Fsp3) is 0.636. The molecule has 1 aromatic heterocycles. The normalized spacial score (nSPS) is 29.7. The van der Waals surface area contributed by atoms with Crippen LogP contribution in [0.2, 0.25) is 0 Å². The minimum absolute atomic E-state index is 0.0972. The molecule has 3 N–H and O–H groups in total. The Balaban J connectivity index is 1.98. The van der Waals surface area contributed by atoms with Gasteiger partial charge in [0.15, 0.2) is 5.00 Å². The average molecular weight is 333 g/mol. The Kier molecular flexibility index (Phi) is 3.43. The Bertz CT molecular complexity index is 672. The minimum Gasteiger partial charge on any atom is -0.393 e. The molecule has 0 amide bonds. The van der Waals surface area contributed by atoms with Crippen LogP contribution in [0.25, 0.3) is 0 Å². The first-order valence-corrected chi connectivity index (χ1v) is 8.81. The SMILES string of the molecule is Nc1sc(S(=O)(=O)N2C3CCC2CC(O)C3)cc1[N+](=O)[O-]. The van der Waals surface area contributed by atoms with Gasteiger partial charge < -0.3 is 10.8 Å². The minimum atomic E-state index is -3.80. The second-order valence-electron chi connectivity index (χ2n) is 5.42. The van der Waals surface area contributed by atoms with E-state index in [9.17, 15) is 23.6 Å². The second kappa shape index (κ2) is 4.90. The molecule has 2 bridgehead atoms. The number of hydrogen-bond acceptors (Lipinski definition) is 7. The van der Waals surface area contributed by atoms with Gasteiger partial charge in [0.25, 0.3) is 10.0 Å². The Morgan fingerprint density at radius 1 is 1.38 bits per heavy atom. The molecule has 0 saturated carbocycles. The van der Waals surface area contributed by atoms with E-state index in [1.54, 1.807) is 0 Å². The van der Waals surface area contributed by atoms with E-state index >= 15 is 0 Å². The summed E-state index contributed by atoms with van der Waals surface area (Å²) in [4.78, 5) is 10.1. The highest BCUT2D eigenvalue weighted by Gasteiger charge is 2.47. The third-order valence-electron chi connectivity index (χ3n) is 4.09. The van der Waals surface area contributed by atoms with Gasteiger partial charge in [-0.3, -0.25) is 10.1 Å². The van der Waals surface area contributed by atoms with Crippen LogP contribution in [0.3, 0.4) is 0 Å². The number of nitro groups is 1. The lowest BCUT2D eigenvalue weighted by Gasteiger charge is -2.35.